The van der Waals surface area contributed by atoms with Crippen LogP contribution >= 0.6 is 0 Å². The highest BCUT2D eigenvalue weighted by Gasteiger charge is 2.24. The third-order valence-electron chi connectivity index (χ3n) is 5.73. The Kier molecular flexibility index (Phi) is 10.0. The van der Waals surface area contributed by atoms with Crippen molar-refractivity contribution in [2.75, 3.05) is 6.61 Å². The molecule has 3 rings (SSSR count). The molecule has 3 aromatic rings. The van der Waals surface area contributed by atoms with Gasteiger partial charge >= 0.3 is 0 Å². The average molecular weight is 513 g/mol. The van der Waals surface area contributed by atoms with E-state index < -0.39 is 11.9 Å². The molecule has 1 atom stereocenters. The van der Waals surface area contributed by atoms with Gasteiger partial charge in [0.25, 0.3) is 11.8 Å². The molecule has 0 aliphatic heterocycles. The second kappa shape index (κ2) is 13.6. The summed E-state index contributed by atoms with van der Waals surface area (Å²) in [6, 6.07) is 21.1. The van der Waals surface area contributed by atoms with Gasteiger partial charge in [-0.25, -0.2) is 5.43 Å². The number of benzene rings is 3. The van der Waals surface area contributed by atoms with Gasteiger partial charge in [0, 0.05) is 11.1 Å². The lowest BCUT2D eigenvalue weighted by atomic mass is 10.0. The molecule has 1 unspecified atom stereocenters. The van der Waals surface area contributed by atoms with Crippen molar-refractivity contribution in [1.82, 2.24) is 10.7 Å². The molecule has 0 aliphatic rings. The van der Waals surface area contributed by atoms with Crippen LogP contribution in [0.3, 0.4) is 0 Å². The number of nitriles is 1. The summed E-state index contributed by atoms with van der Waals surface area (Å²) in [4.78, 5) is 25.4. The molecule has 0 fully saturated rings. The third-order valence-corrected chi connectivity index (χ3v) is 5.73. The van der Waals surface area contributed by atoms with Crippen molar-refractivity contribution in [2.45, 2.75) is 40.3 Å². The number of nitrogens with one attached hydrogen (secondary N) is 2. The number of carbonyl (C=O) groups excluding carboxylic acids is 2. The summed E-state index contributed by atoms with van der Waals surface area (Å²) in [5.41, 5.74) is 6.07. The van der Waals surface area contributed by atoms with E-state index in [9.17, 15) is 14.9 Å². The Morgan fingerprint density at radius 3 is 2.45 bits per heavy atom. The quantitative estimate of drug-likeness (QED) is 0.284. The summed E-state index contributed by atoms with van der Waals surface area (Å²) < 4.78 is 11.6. The minimum Gasteiger partial charge on any atom is -0.490 e. The van der Waals surface area contributed by atoms with E-state index in [1.807, 2.05) is 58.0 Å². The van der Waals surface area contributed by atoms with Gasteiger partial charge in [-0.15, -0.1) is 0 Å². The molecule has 0 spiro atoms. The molecule has 0 heterocycles. The monoisotopic (exact) mass is 512 g/mol. The summed E-state index contributed by atoms with van der Waals surface area (Å²) in [6.07, 6.45) is 1.49. The first-order valence-electron chi connectivity index (χ1n) is 12.4. The minimum absolute atomic E-state index is 0.147. The fraction of sp³-hybridized carbons (Fsp3) is 0.267. The highest BCUT2D eigenvalue weighted by atomic mass is 16.5. The van der Waals surface area contributed by atoms with Gasteiger partial charge < -0.3 is 14.8 Å². The topological polar surface area (TPSA) is 113 Å². The van der Waals surface area contributed by atoms with Crippen LogP contribution < -0.4 is 20.2 Å². The van der Waals surface area contributed by atoms with Gasteiger partial charge in [0.2, 0.25) is 0 Å². The molecule has 3 aromatic carbocycles. The summed E-state index contributed by atoms with van der Waals surface area (Å²) in [7, 11) is 0. The van der Waals surface area contributed by atoms with Gasteiger partial charge in [-0.1, -0.05) is 49.7 Å². The Hall–Kier alpha value is -4.64. The molecular weight excluding hydrogens is 480 g/mol. The SMILES string of the molecule is CCOc1cc(/C=N\NC(=O)C(NC(=O)c2ccc(C)cc2)C(C)C)ccc1OCc1ccccc1C#N. The van der Waals surface area contributed by atoms with Crippen LogP contribution in [0.1, 0.15) is 53.4 Å². The summed E-state index contributed by atoms with van der Waals surface area (Å²) in [6.45, 7) is 8.17. The van der Waals surface area contributed by atoms with Crippen LogP contribution in [-0.2, 0) is 11.4 Å². The lowest BCUT2D eigenvalue weighted by Crippen LogP contribution is -2.48. The van der Waals surface area contributed by atoms with E-state index in [2.05, 4.69) is 21.9 Å². The van der Waals surface area contributed by atoms with Crippen LogP contribution in [0.4, 0.5) is 0 Å². The Bertz CT molecular complexity index is 1330. The van der Waals surface area contributed by atoms with Gasteiger partial charge in [0.1, 0.15) is 12.6 Å². The van der Waals surface area contributed by atoms with E-state index in [0.29, 0.717) is 34.8 Å². The summed E-state index contributed by atoms with van der Waals surface area (Å²) in [5.74, 6) is 0.156. The molecule has 0 radical (unpaired) electrons. The standard InChI is InChI=1S/C30H32N4O4/c1-5-37-27-16-22(12-15-26(27)38-19-25-9-7-6-8-24(25)17-31)18-32-34-30(36)28(20(2)3)33-29(35)23-13-10-21(4)11-14-23/h6-16,18,20,28H,5,19H2,1-4H3,(H,33,35)(H,34,36)/b32-18-. The molecule has 0 aliphatic carbocycles. The van der Waals surface area contributed by atoms with Crippen LogP contribution in [0.15, 0.2) is 71.8 Å². The van der Waals surface area contributed by atoms with Crippen LogP contribution in [0.25, 0.3) is 0 Å². The zero-order valence-electron chi connectivity index (χ0n) is 22.0. The Labute approximate surface area is 223 Å². The van der Waals surface area contributed by atoms with Crippen molar-refractivity contribution in [1.29, 1.82) is 5.26 Å². The first-order valence-corrected chi connectivity index (χ1v) is 12.4. The number of hydrogen-bond donors (Lipinski definition) is 2. The number of hydrazone groups is 1. The van der Waals surface area contributed by atoms with Gasteiger partial charge in [-0.05, 0) is 61.7 Å². The predicted octanol–water partition coefficient (Wildman–Crippen LogP) is 4.75. The maximum atomic E-state index is 12.8. The average Bonchev–Trinajstić information content (AvgIpc) is 2.91. The van der Waals surface area contributed by atoms with Gasteiger partial charge in [-0.2, -0.15) is 10.4 Å². The summed E-state index contributed by atoms with van der Waals surface area (Å²) >= 11 is 0. The molecule has 0 saturated heterocycles. The number of amides is 2. The van der Waals surface area contributed by atoms with Crippen LogP contribution in [-0.4, -0.2) is 30.7 Å². The Balaban J connectivity index is 1.65. The first-order chi connectivity index (χ1) is 18.3. The van der Waals surface area contributed by atoms with Crippen molar-refractivity contribution < 1.29 is 19.1 Å². The maximum absolute atomic E-state index is 12.8. The smallest absolute Gasteiger partial charge is 0.262 e. The van der Waals surface area contributed by atoms with Gasteiger partial charge in [-0.3, -0.25) is 9.59 Å². The third kappa shape index (κ3) is 7.68. The van der Waals surface area contributed by atoms with Crippen molar-refractivity contribution in [2.24, 2.45) is 11.0 Å². The molecule has 0 saturated carbocycles. The van der Waals surface area contributed by atoms with Crippen molar-refractivity contribution >= 4 is 18.0 Å². The second-order valence-electron chi connectivity index (χ2n) is 8.99. The Morgan fingerprint density at radius 1 is 1.03 bits per heavy atom. The molecule has 2 amide bonds. The number of ether oxygens (including phenoxy) is 2. The van der Waals surface area contributed by atoms with Crippen LogP contribution in [0.2, 0.25) is 0 Å². The highest BCUT2D eigenvalue weighted by molar-refractivity contribution is 5.97. The van der Waals surface area contributed by atoms with Crippen molar-refractivity contribution in [3.05, 3.63) is 94.5 Å². The molecule has 0 aromatic heterocycles. The minimum atomic E-state index is -0.757. The first kappa shape index (κ1) is 27.9. The number of aryl methyl sites for hydroxylation is 1. The zero-order valence-corrected chi connectivity index (χ0v) is 22.0. The largest absolute Gasteiger partial charge is 0.490 e. The normalized spacial score (nSPS) is 11.6. The molecule has 196 valence electrons. The molecule has 8 nitrogen and oxygen atoms in total. The summed E-state index contributed by atoms with van der Waals surface area (Å²) in [5, 5.41) is 16.1. The number of hydrogen-bond acceptors (Lipinski definition) is 6. The zero-order chi connectivity index (χ0) is 27.5. The van der Waals surface area contributed by atoms with E-state index in [0.717, 1.165) is 11.1 Å². The molecule has 2 N–H and O–H groups in total. The highest BCUT2D eigenvalue weighted by Crippen LogP contribution is 2.29. The fourth-order valence-corrected chi connectivity index (χ4v) is 3.61. The fourth-order valence-electron chi connectivity index (χ4n) is 3.61. The number of rotatable bonds is 11. The van der Waals surface area contributed by atoms with Crippen molar-refractivity contribution in [3.63, 3.8) is 0 Å². The number of carbonyl (C=O) groups is 2. The molecular formula is C30H32N4O4. The van der Waals surface area contributed by atoms with Gasteiger partial charge in [0.05, 0.1) is 24.5 Å². The molecule has 38 heavy (non-hydrogen) atoms. The Morgan fingerprint density at radius 2 is 1.76 bits per heavy atom. The van der Waals surface area contributed by atoms with E-state index in [1.54, 1.807) is 36.4 Å². The predicted molar refractivity (Wildman–Crippen MR) is 146 cm³/mol. The van der Waals surface area contributed by atoms with Crippen LogP contribution in [0, 0.1) is 24.2 Å². The van der Waals surface area contributed by atoms with Crippen LogP contribution in [0.5, 0.6) is 11.5 Å². The van der Waals surface area contributed by atoms with Gasteiger partial charge in [0.15, 0.2) is 11.5 Å². The molecule has 0 bridgehead atoms. The maximum Gasteiger partial charge on any atom is 0.262 e. The number of nitrogens with zero attached hydrogens (tertiary/aromatic N) is 2. The lowest BCUT2D eigenvalue weighted by molar-refractivity contribution is -0.123. The van der Waals surface area contributed by atoms with E-state index in [1.165, 1.54) is 6.21 Å². The van der Waals surface area contributed by atoms with E-state index in [4.69, 9.17) is 9.47 Å². The van der Waals surface area contributed by atoms with E-state index in [-0.39, 0.29) is 18.4 Å². The van der Waals surface area contributed by atoms with Crippen molar-refractivity contribution in [3.8, 4) is 17.6 Å². The van der Waals surface area contributed by atoms with E-state index >= 15 is 0 Å². The molecule has 8 heteroatoms. The second-order valence-corrected chi connectivity index (χ2v) is 8.99. The lowest BCUT2D eigenvalue weighted by Gasteiger charge is -2.20.